The van der Waals surface area contributed by atoms with Gasteiger partial charge in [0.1, 0.15) is 5.84 Å². The molecular formula is C15H23N3O. The van der Waals surface area contributed by atoms with Crippen LogP contribution in [0.25, 0.3) is 0 Å². The van der Waals surface area contributed by atoms with Gasteiger partial charge in [-0.1, -0.05) is 30.6 Å². The highest BCUT2D eigenvalue weighted by Gasteiger charge is 2.43. The minimum Gasteiger partial charge on any atom is -0.409 e. The molecule has 104 valence electrons. The van der Waals surface area contributed by atoms with Gasteiger partial charge in [-0.05, 0) is 42.4 Å². The smallest absolute Gasteiger partial charge is 0.139 e. The van der Waals surface area contributed by atoms with Gasteiger partial charge in [-0.15, -0.1) is 0 Å². The van der Waals surface area contributed by atoms with Crippen LogP contribution in [0.1, 0.15) is 38.2 Å². The summed E-state index contributed by atoms with van der Waals surface area (Å²) in [5.74, 6) is 0.331. The van der Waals surface area contributed by atoms with Crippen LogP contribution in [0.5, 0.6) is 0 Å². The third-order valence-electron chi connectivity index (χ3n) is 3.80. The van der Waals surface area contributed by atoms with Crippen molar-refractivity contribution < 1.29 is 5.21 Å². The first-order chi connectivity index (χ1) is 9.17. The molecule has 1 fully saturated rings. The van der Waals surface area contributed by atoms with Crippen molar-refractivity contribution in [3.63, 3.8) is 0 Å². The van der Waals surface area contributed by atoms with Crippen LogP contribution < -0.4 is 11.1 Å². The average molecular weight is 261 g/mol. The lowest BCUT2D eigenvalue weighted by atomic mass is 10.0. The Hall–Kier alpha value is -1.71. The van der Waals surface area contributed by atoms with Crippen molar-refractivity contribution in [3.8, 4) is 0 Å². The lowest BCUT2D eigenvalue weighted by Crippen LogP contribution is -2.23. The molecule has 1 aliphatic carbocycles. The van der Waals surface area contributed by atoms with Crippen molar-refractivity contribution in [1.82, 2.24) is 0 Å². The maximum atomic E-state index is 8.63. The second kappa shape index (κ2) is 5.95. The average Bonchev–Trinajstić information content (AvgIpc) is 3.18. The highest BCUT2D eigenvalue weighted by atomic mass is 16.4. The quantitative estimate of drug-likeness (QED) is 0.306. The fourth-order valence-electron chi connectivity index (χ4n) is 2.38. The van der Waals surface area contributed by atoms with E-state index in [0.29, 0.717) is 12.3 Å². The van der Waals surface area contributed by atoms with Crippen molar-refractivity contribution in [1.29, 1.82) is 0 Å². The zero-order valence-corrected chi connectivity index (χ0v) is 11.5. The first-order valence-corrected chi connectivity index (χ1v) is 6.97. The number of nitrogens with zero attached hydrogens (tertiary/aromatic N) is 1. The number of hydrogen-bond acceptors (Lipinski definition) is 3. The molecule has 0 aliphatic heterocycles. The lowest BCUT2D eigenvalue weighted by molar-refractivity contribution is 0.315. The minimum absolute atomic E-state index is 0.193. The highest BCUT2D eigenvalue weighted by Crippen LogP contribution is 2.48. The maximum absolute atomic E-state index is 8.63. The van der Waals surface area contributed by atoms with E-state index in [-0.39, 0.29) is 5.41 Å². The molecule has 0 aromatic heterocycles. The molecule has 4 heteroatoms. The summed E-state index contributed by atoms with van der Waals surface area (Å²) in [5.41, 5.74) is 8.31. The van der Waals surface area contributed by atoms with Gasteiger partial charge in [-0.2, -0.15) is 0 Å². The van der Waals surface area contributed by atoms with E-state index in [1.807, 2.05) is 0 Å². The van der Waals surface area contributed by atoms with Crippen LogP contribution in [-0.4, -0.2) is 17.6 Å². The third kappa shape index (κ3) is 3.88. The molecule has 1 saturated carbocycles. The van der Waals surface area contributed by atoms with E-state index < -0.39 is 0 Å². The van der Waals surface area contributed by atoms with Gasteiger partial charge in [0, 0.05) is 18.7 Å². The standard InChI is InChI=1S/C15H23N3O/c1-2-3-12-4-6-13(7-5-12)17-11-15(8-9-15)10-14(16)18-19/h4-7,17,19H,2-3,8-11H2,1H3,(H2,16,18). The van der Waals surface area contributed by atoms with Crippen molar-refractivity contribution in [2.75, 3.05) is 11.9 Å². The van der Waals surface area contributed by atoms with Crippen LogP contribution in [0, 0.1) is 5.41 Å². The molecule has 0 radical (unpaired) electrons. The number of nitrogens with one attached hydrogen (secondary N) is 1. The zero-order valence-electron chi connectivity index (χ0n) is 11.5. The van der Waals surface area contributed by atoms with Crippen molar-refractivity contribution >= 4 is 11.5 Å². The molecule has 0 amide bonds. The summed E-state index contributed by atoms with van der Waals surface area (Å²) in [6, 6.07) is 8.61. The molecule has 19 heavy (non-hydrogen) atoms. The Bertz CT molecular complexity index is 435. The Morgan fingerprint density at radius 1 is 1.37 bits per heavy atom. The predicted molar refractivity (Wildman–Crippen MR) is 78.6 cm³/mol. The van der Waals surface area contributed by atoms with Crippen LogP contribution in [0.3, 0.4) is 0 Å². The van der Waals surface area contributed by atoms with E-state index in [0.717, 1.165) is 31.5 Å². The van der Waals surface area contributed by atoms with Crippen molar-refractivity contribution in [2.24, 2.45) is 16.3 Å². The number of hydrogen-bond donors (Lipinski definition) is 3. The monoisotopic (exact) mass is 261 g/mol. The molecule has 1 aliphatic rings. The van der Waals surface area contributed by atoms with Crippen LogP contribution in [-0.2, 0) is 6.42 Å². The molecule has 0 heterocycles. The minimum atomic E-state index is 0.193. The molecular weight excluding hydrogens is 238 g/mol. The summed E-state index contributed by atoms with van der Waals surface area (Å²) in [7, 11) is 0. The molecule has 4 nitrogen and oxygen atoms in total. The summed E-state index contributed by atoms with van der Waals surface area (Å²) >= 11 is 0. The maximum Gasteiger partial charge on any atom is 0.139 e. The van der Waals surface area contributed by atoms with E-state index in [2.05, 4.69) is 41.7 Å². The Morgan fingerprint density at radius 3 is 2.58 bits per heavy atom. The van der Waals surface area contributed by atoms with Gasteiger partial charge >= 0.3 is 0 Å². The summed E-state index contributed by atoms with van der Waals surface area (Å²) in [6.07, 6.45) is 5.27. The number of anilines is 1. The number of amidine groups is 1. The number of rotatable bonds is 7. The van der Waals surface area contributed by atoms with Crippen LogP contribution in [0.4, 0.5) is 5.69 Å². The SMILES string of the molecule is CCCc1ccc(NCC2(CC(N)=NO)CC2)cc1. The Morgan fingerprint density at radius 2 is 2.05 bits per heavy atom. The van der Waals surface area contributed by atoms with E-state index in [1.54, 1.807) is 0 Å². The predicted octanol–water partition coefficient (Wildman–Crippen LogP) is 2.97. The van der Waals surface area contributed by atoms with Gasteiger partial charge < -0.3 is 16.3 Å². The van der Waals surface area contributed by atoms with Gasteiger partial charge in [0.25, 0.3) is 0 Å². The van der Waals surface area contributed by atoms with Gasteiger partial charge in [0.05, 0.1) is 0 Å². The largest absolute Gasteiger partial charge is 0.409 e. The van der Waals surface area contributed by atoms with E-state index in [9.17, 15) is 0 Å². The van der Waals surface area contributed by atoms with E-state index in [4.69, 9.17) is 10.9 Å². The topological polar surface area (TPSA) is 70.6 Å². The van der Waals surface area contributed by atoms with E-state index in [1.165, 1.54) is 12.0 Å². The van der Waals surface area contributed by atoms with Crippen LogP contribution in [0.2, 0.25) is 0 Å². The normalized spacial score (nSPS) is 17.2. The summed E-state index contributed by atoms with van der Waals surface area (Å²) in [6.45, 7) is 3.08. The second-order valence-corrected chi connectivity index (χ2v) is 5.57. The number of benzene rings is 1. The molecule has 4 N–H and O–H groups in total. The Kier molecular flexibility index (Phi) is 4.30. The van der Waals surface area contributed by atoms with Gasteiger partial charge in [-0.3, -0.25) is 0 Å². The summed E-state index contributed by atoms with van der Waals surface area (Å²) < 4.78 is 0. The molecule has 1 aromatic rings. The number of oxime groups is 1. The van der Waals surface area contributed by atoms with Gasteiger partial charge in [-0.25, -0.2) is 0 Å². The van der Waals surface area contributed by atoms with Crippen molar-refractivity contribution in [2.45, 2.75) is 39.0 Å². The van der Waals surface area contributed by atoms with Crippen LogP contribution >= 0.6 is 0 Å². The Balaban J connectivity index is 1.85. The second-order valence-electron chi connectivity index (χ2n) is 5.57. The molecule has 1 aromatic carbocycles. The molecule has 0 atom stereocenters. The molecule has 2 rings (SSSR count). The summed E-state index contributed by atoms with van der Waals surface area (Å²) in [5, 5.41) is 15.2. The zero-order chi connectivity index (χ0) is 13.7. The fraction of sp³-hybridized carbons (Fsp3) is 0.533. The third-order valence-corrected chi connectivity index (χ3v) is 3.80. The molecule has 0 spiro atoms. The highest BCUT2D eigenvalue weighted by molar-refractivity contribution is 5.80. The van der Waals surface area contributed by atoms with Gasteiger partial charge in [0.15, 0.2) is 0 Å². The fourth-order valence-corrected chi connectivity index (χ4v) is 2.38. The Labute approximate surface area is 114 Å². The van der Waals surface area contributed by atoms with Crippen LogP contribution in [0.15, 0.2) is 29.4 Å². The number of aryl methyl sites for hydroxylation is 1. The first kappa shape index (κ1) is 13.7. The van der Waals surface area contributed by atoms with E-state index >= 15 is 0 Å². The molecule has 0 bridgehead atoms. The summed E-state index contributed by atoms with van der Waals surface area (Å²) in [4.78, 5) is 0. The molecule has 0 saturated heterocycles. The first-order valence-electron chi connectivity index (χ1n) is 6.97. The lowest BCUT2D eigenvalue weighted by Gasteiger charge is -2.16. The van der Waals surface area contributed by atoms with Crippen molar-refractivity contribution in [3.05, 3.63) is 29.8 Å². The molecule has 0 unspecified atom stereocenters. The number of nitrogens with two attached hydrogens (primary N) is 1. The van der Waals surface area contributed by atoms with Gasteiger partial charge in [0.2, 0.25) is 0 Å².